The molecule has 2 aliphatic heterocycles. The van der Waals surface area contributed by atoms with Gasteiger partial charge in [0.2, 0.25) is 0 Å². The number of rotatable bonds is 3. The van der Waals surface area contributed by atoms with Crippen molar-refractivity contribution in [3.05, 3.63) is 0 Å². The summed E-state index contributed by atoms with van der Waals surface area (Å²) >= 11 is 0. The Bertz CT molecular complexity index is 367. The summed E-state index contributed by atoms with van der Waals surface area (Å²) in [4.78, 5) is 27.0. The first-order valence-corrected chi connectivity index (χ1v) is 7.97. The lowest BCUT2D eigenvalue weighted by Gasteiger charge is -2.37. The van der Waals surface area contributed by atoms with Crippen molar-refractivity contribution in [2.75, 3.05) is 26.2 Å². The van der Waals surface area contributed by atoms with Gasteiger partial charge in [-0.1, -0.05) is 12.8 Å². The number of carboxylic acid groups (broad SMARTS) is 1. The van der Waals surface area contributed by atoms with Crippen LogP contribution in [0, 0.1) is 0 Å². The first-order chi connectivity index (χ1) is 10.1. The Morgan fingerprint density at radius 3 is 2.48 bits per heavy atom. The average Bonchev–Trinajstić information content (AvgIpc) is 2.69. The van der Waals surface area contributed by atoms with Gasteiger partial charge in [-0.2, -0.15) is 0 Å². The van der Waals surface area contributed by atoms with E-state index in [4.69, 9.17) is 9.84 Å². The molecule has 2 fully saturated rings. The monoisotopic (exact) mass is 298 g/mol. The molecule has 0 aromatic carbocycles. The molecule has 0 radical (unpaired) electrons. The van der Waals surface area contributed by atoms with Gasteiger partial charge in [0.05, 0.1) is 6.10 Å². The Balaban J connectivity index is 1.80. The Kier molecular flexibility index (Phi) is 5.85. The molecular formula is C15H26N2O4. The van der Waals surface area contributed by atoms with E-state index in [2.05, 4.69) is 6.92 Å². The molecule has 1 unspecified atom stereocenters. The number of hydrogen-bond acceptors (Lipinski definition) is 3. The lowest BCUT2D eigenvalue weighted by molar-refractivity contribution is -0.145. The molecule has 0 saturated carbocycles. The van der Waals surface area contributed by atoms with Crippen LogP contribution in [0.15, 0.2) is 0 Å². The zero-order valence-electron chi connectivity index (χ0n) is 12.8. The Hall–Kier alpha value is -1.30. The molecule has 2 amide bonds. The van der Waals surface area contributed by atoms with E-state index in [9.17, 15) is 9.59 Å². The zero-order chi connectivity index (χ0) is 15.2. The summed E-state index contributed by atoms with van der Waals surface area (Å²) in [5.74, 6) is -0.938. The van der Waals surface area contributed by atoms with Gasteiger partial charge in [-0.15, -0.1) is 0 Å². The maximum Gasteiger partial charge on any atom is 0.329 e. The number of carbonyl (C=O) groups excluding carboxylic acids is 1. The molecule has 0 aromatic heterocycles. The molecule has 2 heterocycles. The average molecular weight is 298 g/mol. The van der Waals surface area contributed by atoms with Crippen molar-refractivity contribution in [2.24, 2.45) is 0 Å². The van der Waals surface area contributed by atoms with E-state index in [1.54, 1.807) is 0 Å². The molecule has 6 nitrogen and oxygen atoms in total. The Morgan fingerprint density at radius 1 is 1.10 bits per heavy atom. The highest BCUT2D eigenvalue weighted by atomic mass is 16.5. The van der Waals surface area contributed by atoms with Crippen LogP contribution in [0.4, 0.5) is 4.79 Å². The van der Waals surface area contributed by atoms with Crippen LogP contribution in [0.2, 0.25) is 0 Å². The van der Waals surface area contributed by atoms with E-state index in [0.717, 1.165) is 32.2 Å². The van der Waals surface area contributed by atoms with Gasteiger partial charge in [0, 0.05) is 25.7 Å². The van der Waals surface area contributed by atoms with Gasteiger partial charge in [0.1, 0.15) is 6.61 Å². The van der Waals surface area contributed by atoms with Gasteiger partial charge in [-0.25, -0.2) is 9.59 Å². The second-order valence-electron chi connectivity index (χ2n) is 6.07. The second kappa shape index (κ2) is 7.64. The highest BCUT2D eigenvalue weighted by Gasteiger charge is 2.29. The van der Waals surface area contributed by atoms with Crippen LogP contribution in [0.1, 0.15) is 45.4 Å². The number of aliphatic carboxylic acids is 1. The van der Waals surface area contributed by atoms with Gasteiger partial charge in [-0.3, -0.25) is 0 Å². The van der Waals surface area contributed by atoms with Crippen molar-refractivity contribution in [3.63, 3.8) is 0 Å². The van der Waals surface area contributed by atoms with Crippen LogP contribution in [0.25, 0.3) is 0 Å². The van der Waals surface area contributed by atoms with Crippen molar-refractivity contribution in [1.29, 1.82) is 0 Å². The van der Waals surface area contributed by atoms with Crippen LogP contribution in [0.5, 0.6) is 0 Å². The number of hydrogen-bond donors (Lipinski definition) is 1. The van der Waals surface area contributed by atoms with Crippen molar-refractivity contribution in [2.45, 2.75) is 57.6 Å². The molecule has 120 valence electrons. The third-order valence-electron chi connectivity index (χ3n) is 4.45. The number of nitrogens with zero attached hydrogens (tertiary/aromatic N) is 2. The fourth-order valence-electron chi connectivity index (χ4n) is 3.14. The lowest BCUT2D eigenvalue weighted by Crippen LogP contribution is -2.50. The van der Waals surface area contributed by atoms with E-state index in [1.807, 2.05) is 9.80 Å². The summed E-state index contributed by atoms with van der Waals surface area (Å²) in [6.45, 7) is 4.06. The first kappa shape index (κ1) is 16.1. The highest BCUT2D eigenvalue weighted by Crippen LogP contribution is 2.21. The summed E-state index contributed by atoms with van der Waals surface area (Å²) < 4.78 is 5.31. The van der Waals surface area contributed by atoms with E-state index in [0.29, 0.717) is 19.1 Å². The minimum Gasteiger partial charge on any atom is -0.480 e. The molecule has 21 heavy (non-hydrogen) atoms. The van der Waals surface area contributed by atoms with E-state index < -0.39 is 5.97 Å². The van der Waals surface area contributed by atoms with Crippen LogP contribution < -0.4 is 0 Å². The largest absolute Gasteiger partial charge is 0.480 e. The number of likely N-dealkylation sites (tertiary alicyclic amines) is 2. The van der Waals surface area contributed by atoms with Gasteiger partial charge < -0.3 is 19.6 Å². The lowest BCUT2D eigenvalue weighted by atomic mass is 10.1. The van der Waals surface area contributed by atoms with Gasteiger partial charge in [-0.05, 0) is 32.6 Å². The molecule has 0 aliphatic carbocycles. The minimum atomic E-state index is -0.938. The zero-order valence-corrected chi connectivity index (χ0v) is 12.8. The third-order valence-corrected chi connectivity index (χ3v) is 4.45. The summed E-state index contributed by atoms with van der Waals surface area (Å²) in [6, 6.07) is 0.460. The van der Waals surface area contributed by atoms with Crippen LogP contribution in [-0.4, -0.2) is 65.3 Å². The Labute approximate surface area is 126 Å². The number of amides is 2. The molecule has 6 heteroatoms. The fourth-order valence-corrected chi connectivity index (χ4v) is 3.14. The van der Waals surface area contributed by atoms with Crippen molar-refractivity contribution < 1.29 is 19.4 Å². The number of carboxylic acids is 1. The predicted octanol–water partition coefficient (Wildman–Crippen LogP) is 1.94. The van der Waals surface area contributed by atoms with E-state index >= 15 is 0 Å². The molecule has 1 atom stereocenters. The number of carbonyl (C=O) groups is 2. The van der Waals surface area contributed by atoms with Crippen molar-refractivity contribution in [1.82, 2.24) is 9.80 Å². The van der Waals surface area contributed by atoms with Gasteiger partial charge in [0.15, 0.2) is 0 Å². The van der Waals surface area contributed by atoms with Crippen molar-refractivity contribution >= 4 is 12.0 Å². The minimum absolute atomic E-state index is 0.0355. The summed E-state index contributed by atoms with van der Waals surface area (Å²) in [5.41, 5.74) is 0. The first-order valence-electron chi connectivity index (χ1n) is 7.97. The SMILES string of the molecule is CC1CCCCCN1C(=O)N1CCC(OCC(=O)O)CC1. The van der Waals surface area contributed by atoms with Crippen LogP contribution in [0.3, 0.4) is 0 Å². The summed E-state index contributed by atoms with van der Waals surface area (Å²) in [7, 11) is 0. The normalized spacial score (nSPS) is 24.7. The molecule has 2 aliphatic rings. The molecule has 0 bridgehead atoms. The smallest absolute Gasteiger partial charge is 0.329 e. The van der Waals surface area contributed by atoms with E-state index in [1.165, 1.54) is 12.8 Å². The van der Waals surface area contributed by atoms with Crippen LogP contribution in [-0.2, 0) is 9.53 Å². The topological polar surface area (TPSA) is 70.1 Å². The van der Waals surface area contributed by atoms with E-state index in [-0.39, 0.29) is 18.7 Å². The van der Waals surface area contributed by atoms with Gasteiger partial charge in [0.25, 0.3) is 0 Å². The predicted molar refractivity (Wildman–Crippen MR) is 78.2 cm³/mol. The number of piperidine rings is 1. The summed E-state index contributed by atoms with van der Waals surface area (Å²) in [5, 5.41) is 8.61. The molecule has 2 rings (SSSR count). The summed E-state index contributed by atoms with van der Waals surface area (Å²) in [6.07, 6.45) is 6.00. The third kappa shape index (κ3) is 4.59. The number of urea groups is 1. The van der Waals surface area contributed by atoms with Gasteiger partial charge >= 0.3 is 12.0 Å². The Morgan fingerprint density at radius 2 is 1.81 bits per heavy atom. The molecule has 2 saturated heterocycles. The molecule has 0 aromatic rings. The highest BCUT2D eigenvalue weighted by molar-refractivity contribution is 5.75. The standard InChI is InChI=1S/C15H26N2O4/c1-12-5-3-2-4-8-17(12)15(20)16-9-6-13(7-10-16)21-11-14(18)19/h12-13H,2-11H2,1H3,(H,18,19). The second-order valence-corrected chi connectivity index (χ2v) is 6.07. The molecule has 1 N–H and O–H groups in total. The van der Waals surface area contributed by atoms with Crippen LogP contribution >= 0.6 is 0 Å². The fraction of sp³-hybridized carbons (Fsp3) is 0.867. The number of ether oxygens (including phenoxy) is 1. The quantitative estimate of drug-likeness (QED) is 0.864. The van der Waals surface area contributed by atoms with Crippen molar-refractivity contribution in [3.8, 4) is 0 Å². The molecular weight excluding hydrogens is 272 g/mol. The maximum absolute atomic E-state index is 12.6. The molecule has 0 spiro atoms. The maximum atomic E-state index is 12.6.